The highest BCUT2D eigenvalue weighted by molar-refractivity contribution is 7.90. The molecule has 3 aromatic rings. The van der Waals surface area contributed by atoms with Crippen molar-refractivity contribution in [1.29, 1.82) is 0 Å². The molecule has 1 saturated carbocycles. The number of aryl methyl sites for hydroxylation is 1. The highest BCUT2D eigenvalue weighted by Crippen LogP contribution is 2.49. The van der Waals surface area contributed by atoms with E-state index < -0.39 is 26.8 Å². The van der Waals surface area contributed by atoms with E-state index in [0.717, 1.165) is 75.4 Å². The van der Waals surface area contributed by atoms with Crippen molar-refractivity contribution in [2.75, 3.05) is 44.8 Å². The van der Waals surface area contributed by atoms with Crippen LogP contribution in [0, 0.1) is 17.8 Å². The third kappa shape index (κ3) is 6.92. The maximum absolute atomic E-state index is 13.7. The lowest BCUT2D eigenvalue weighted by Crippen LogP contribution is -2.57. The van der Waals surface area contributed by atoms with Crippen LogP contribution in [0.15, 0.2) is 72.8 Å². The van der Waals surface area contributed by atoms with E-state index in [2.05, 4.69) is 63.1 Å². The average molecular weight is 758 g/mol. The van der Waals surface area contributed by atoms with Gasteiger partial charge in [-0.3, -0.25) is 9.69 Å². The summed E-state index contributed by atoms with van der Waals surface area (Å²) < 4.78 is 43.1. The van der Waals surface area contributed by atoms with E-state index in [9.17, 15) is 13.2 Å². The van der Waals surface area contributed by atoms with E-state index >= 15 is 0 Å². The topological polar surface area (TPSA) is 88.2 Å². The fraction of sp³-hybridized carbons (Fsp3) is 0.512. The zero-order valence-corrected chi connectivity index (χ0v) is 32.7. The summed E-state index contributed by atoms with van der Waals surface area (Å²) in [6, 6.07) is 20.4. The van der Waals surface area contributed by atoms with Crippen LogP contribution in [0.4, 0.5) is 5.69 Å². The van der Waals surface area contributed by atoms with Gasteiger partial charge in [-0.05, 0) is 122 Å². The minimum atomic E-state index is -3.96. The molecule has 3 aliphatic heterocycles. The summed E-state index contributed by atoms with van der Waals surface area (Å²) in [6.45, 7) is 8.22. The highest BCUT2D eigenvalue weighted by Gasteiger charge is 2.50. The molecule has 2 aliphatic carbocycles. The number of halogens is 1. The van der Waals surface area contributed by atoms with Crippen LogP contribution in [0.25, 0.3) is 0 Å². The smallest absolute Gasteiger partial charge is 0.264 e. The Morgan fingerprint density at radius 1 is 1.02 bits per heavy atom. The number of carbonyl (C=O) groups excluding carboxylic acids is 1. The molecule has 1 amide bonds. The molecule has 10 heteroatoms. The Labute approximate surface area is 319 Å². The Hall–Kier alpha value is -3.37. The molecule has 3 heterocycles. The predicted molar refractivity (Wildman–Crippen MR) is 210 cm³/mol. The van der Waals surface area contributed by atoms with Crippen molar-refractivity contribution < 1.29 is 22.7 Å². The summed E-state index contributed by atoms with van der Waals surface area (Å²) >= 11 is 6.51. The van der Waals surface area contributed by atoms with Crippen molar-refractivity contribution in [1.82, 2.24) is 9.62 Å². The first-order chi connectivity index (χ1) is 25.5. The van der Waals surface area contributed by atoms with Gasteiger partial charge in [-0.1, -0.05) is 61.0 Å². The van der Waals surface area contributed by atoms with Crippen LogP contribution in [0.2, 0.25) is 5.02 Å². The van der Waals surface area contributed by atoms with Crippen LogP contribution in [-0.4, -0.2) is 70.0 Å². The van der Waals surface area contributed by atoms with Crippen molar-refractivity contribution >= 4 is 33.2 Å². The molecule has 1 unspecified atom stereocenters. The molecular weight excluding hydrogens is 706 g/mol. The molecule has 1 N–H and O–H groups in total. The number of rotatable bonds is 3. The van der Waals surface area contributed by atoms with Crippen LogP contribution in [0.5, 0.6) is 5.75 Å². The second kappa shape index (κ2) is 14.4. The normalized spacial score (nSPS) is 31.8. The Balaban J connectivity index is 1.20. The fourth-order valence-corrected chi connectivity index (χ4v) is 11.3. The lowest BCUT2D eigenvalue weighted by molar-refractivity contribution is -0.0932. The van der Waals surface area contributed by atoms with E-state index in [0.29, 0.717) is 36.8 Å². The number of carbonyl (C=O) groups is 1. The summed E-state index contributed by atoms with van der Waals surface area (Å²) in [5.74, 6) is 0.451. The summed E-state index contributed by atoms with van der Waals surface area (Å²) in [4.78, 5) is 18.6. The molecule has 1 spiro atoms. The Kier molecular flexibility index (Phi) is 9.92. The fourth-order valence-electron chi connectivity index (χ4n) is 9.85. The van der Waals surface area contributed by atoms with Crippen LogP contribution < -0.4 is 14.4 Å². The maximum Gasteiger partial charge on any atom is 0.264 e. The number of anilines is 1. The standard InChI is InChI=1S/C43H52ClN3O5S/c1-29-8-6-20-43(51-3,27-46-21-18-31-9-4-5-10-34(31)24-46)38-15-12-35(38)25-47-26-42(19-7-11-32-22-36(44)14-16-37(32)42)28-52-40-17-13-33(23-39(40)47)41(48)45-53(49,50)30(29)2/h4-6,9-10,13-14,16-17,20,22-23,29-30,35,38H,7-8,11-12,15,18-19,21,24-28H2,1-3H3,(H,45,48)/b20-6+/t29-,30?,35-,38+,42-,43+/m0/s1. The molecule has 53 heavy (non-hydrogen) atoms. The van der Waals surface area contributed by atoms with Gasteiger partial charge in [0.25, 0.3) is 5.91 Å². The molecule has 8 rings (SSSR count). The first-order valence-corrected chi connectivity index (χ1v) is 21.3. The zero-order chi connectivity index (χ0) is 37.0. The third-order valence-corrected chi connectivity index (χ3v) is 15.4. The van der Waals surface area contributed by atoms with Gasteiger partial charge in [0.15, 0.2) is 0 Å². The van der Waals surface area contributed by atoms with E-state index in [4.69, 9.17) is 21.1 Å². The predicted octanol–water partition coefficient (Wildman–Crippen LogP) is 7.33. The SMILES string of the molecule is CO[C@@]1(CN2CCc3ccccc3C2)/C=C/C[C@H](C)C(C)S(=O)(=O)NC(=O)c2ccc3c(c2)N(C[C@@H]2CC[C@H]21)C[C@@]1(CCCc2cc(Cl)ccc21)CO3. The van der Waals surface area contributed by atoms with Gasteiger partial charge in [0.05, 0.1) is 17.5 Å². The number of allylic oxidation sites excluding steroid dienone is 1. The Morgan fingerprint density at radius 2 is 1.85 bits per heavy atom. The average Bonchev–Trinajstić information content (AvgIpc) is 3.28. The minimum absolute atomic E-state index is 0.224. The van der Waals surface area contributed by atoms with Crippen LogP contribution in [0.3, 0.4) is 0 Å². The molecule has 282 valence electrons. The van der Waals surface area contributed by atoms with Gasteiger partial charge < -0.3 is 14.4 Å². The summed E-state index contributed by atoms with van der Waals surface area (Å²) in [7, 11) is -2.11. The van der Waals surface area contributed by atoms with E-state index in [-0.39, 0.29) is 17.3 Å². The molecule has 3 aromatic carbocycles. The van der Waals surface area contributed by atoms with Gasteiger partial charge in [-0.15, -0.1) is 0 Å². The highest BCUT2D eigenvalue weighted by atomic mass is 35.5. The van der Waals surface area contributed by atoms with E-state index in [1.165, 1.54) is 22.3 Å². The molecule has 1 fully saturated rings. The summed E-state index contributed by atoms with van der Waals surface area (Å²) in [5.41, 5.74) is 5.66. The number of fused-ring (bicyclic) bond motifs is 5. The van der Waals surface area contributed by atoms with Crippen molar-refractivity contribution in [2.24, 2.45) is 17.8 Å². The number of methoxy groups -OCH3 is 1. The number of hydrogen-bond donors (Lipinski definition) is 1. The van der Waals surface area contributed by atoms with Gasteiger partial charge >= 0.3 is 0 Å². The minimum Gasteiger partial charge on any atom is -0.490 e. The molecular formula is C43H52ClN3O5S. The lowest BCUT2D eigenvalue weighted by atomic mass is 9.63. The number of hydrogen-bond acceptors (Lipinski definition) is 7. The second-order valence-electron chi connectivity index (χ2n) is 16.4. The molecule has 0 radical (unpaired) electrons. The number of benzene rings is 3. The second-order valence-corrected chi connectivity index (χ2v) is 18.9. The number of amides is 1. The number of sulfonamides is 1. The van der Waals surface area contributed by atoms with Crippen molar-refractivity contribution in [3.8, 4) is 5.75 Å². The third-order valence-electron chi connectivity index (χ3n) is 13.3. The number of nitrogens with one attached hydrogen (secondary N) is 1. The zero-order valence-electron chi connectivity index (χ0n) is 31.2. The lowest BCUT2D eigenvalue weighted by Gasteiger charge is -2.52. The Bertz CT molecular complexity index is 2020. The van der Waals surface area contributed by atoms with Gasteiger partial charge in [0.1, 0.15) is 11.4 Å². The maximum atomic E-state index is 13.7. The monoisotopic (exact) mass is 757 g/mol. The largest absolute Gasteiger partial charge is 0.490 e. The molecule has 2 bridgehead atoms. The van der Waals surface area contributed by atoms with Crippen molar-refractivity contribution in [2.45, 2.75) is 81.6 Å². The van der Waals surface area contributed by atoms with Gasteiger partial charge in [0.2, 0.25) is 10.0 Å². The molecule has 5 aliphatic rings. The van der Waals surface area contributed by atoms with Crippen LogP contribution in [0.1, 0.15) is 78.6 Å². The van der Waals surface area contributed by atoms with E-state index in [1.54, 1.807) is 13.0 Å². The van der Waals surface area contributed by atoms with Crippen molar-refractivity contribution in [3.05, 3.63) is 106 Å². The number of nitrogens with zero attached hydrogens (tertiary/aromatic N) is 2. The molecule has 6 atom stereocenters. The summed E-state index contributed by atoms with van der Waals surface area (Å²) in [6.07, 6.45) is 11.1. The van der Waals surface area contributed by atoms with Crippen molar-refractivity contribution in [3.63, 3.8) is 0 Å². The van der Waals surface area contributed by atoms with E-state index in [1.807, 2.05) is 32.2 Å². The van der Waals surface area contributed by atoms with Crippen LogP contribution in [-0.2, 0) is 39.6 Å². The van der Waals surface area contributed by atoms with Crippen LogP contribution >= 0.6 is 11.6 Å². The number of ether oxygens (including phenoxy) is 2. The van der Waals surface area contributed by atoms with Gasteiger partial charge in [-0.2, -0.15) is 0 Å². The van der Waals surface area contributed by atoms with Gasteiger partial charge in [0, 0.05) is 55.8 Å². The first-order valence-electron chi connectivity index (χ1n) is 19.4. The molecule has 8 nitrogen and oxygen atoms in total. The first kappa shape index (κ1) is 36.6. The summed E-state index contributed by atoms with van der Waals surface area (Å²) in [5, 5.41) is -0.0344. The molecule has 0 saturated heterocycles. The molecule has 0 aromatic heterocycles. The quantitative estimate of drug-likeness (QED) is 0.280. The van der Waals surface area contributed by atoms with Gasteiger partial charge in [-0.25, -0.2) is 13.1 Å². The Morgan fingerprint density at radius 3 is 2.64 bits per heavy atom.